The predicted octanol–water partition coefficient (Wildman–Crippen LogP) is 5.38. The number of hydrogen-bond acceptors (Lipinski definition) is 0. The fourth-order valence-electron chi connectivity index (χ4n) is 2.28. The molecule has 0 aliphatic carbocycles. The Hall–Kier alpha value is -0.490. The SMILES string of the molecule is Cc1c(C(C)C)cc(C(C)(C)C)c(C)c1Cl. The Kier molecular flexibility index (Phi) is 3.74. The van der Waals surface area contributed by atoms with Crippen molar-refractivity contribution in [1.29, 1.82) is 0 Å². The van der Waals surface area contributed by atoms with Crippen LogP contribution in [0.25, 0.3) is 0 Å². The van der Waals surface area contributed by atoms with Gasteiger partial charge in [-0.2, -0.15) is 0 Å². The molecule has 0 N–H and O–H groups in total. The van der Waals surface area contributed by atoms with Crippen molar-refractivity contribution in [3.05, 3.63) is 33.3 Å². The topological polar surface area (TPSA) is 0 Å². The zero-order valence-corrected chi connectivity index (χ0v) is 12.3. The van der Waals surface area contributed by atoms with E-state index in [0.717, 1.165) is 5.02 Å². The van der Waals surface area contributed by atoms with Crippen LogP contribution in [0.1, 0.15) is 62.8 Å². The lowest BCUT2D eigenvalue weighted by Gasteiger charge is -2.26. The van der Waals surface area contributed by atoms with E-state index in [4.69, 9.17) is 11.6 Å². The molecule has 1 aromatic carbocycles. The van der Waals surface area contributed by atoms with Crippen LogP contribution in [-0.4, -0.2) is 0 Å². The molecule has 0 atom stereocenters. The highest BCUT2D eigenvalue weighted by Gasteiger charge is 2.21. The van der Waals surface area contributed by atoms with Gasteiger partial charge in [-0.25, -0.2) is 0 Å². The maximum absolute atomic E-state index is 6.44. The standard InChI is InChI=1S/C15H23Cl/c1-9(2)12-8-13(15(5,6)7)11(4)14(16)10(12)3/h8-9H,1-7H3. The minimum absolute atomic E-state index is 0.158. The molecule has 0 bridgehead atoms. The molecule has 90 valence electrons. The van der Waals surface area contributed by atoms with Crippen molar-refractivity contribution >= 4 is 11.6 Å². The molecule has 0 saturated heterocycles. The quantitative estimate of drug-likeness (QED) is 0.616. The Morgan fingerprint density at radius 3 is 1.94 bits per heavy atom. The van der Waals surface area contributed by atoms with Crippen molar-refractivity contribution in [3.63, 3.8) is 0 Å². The monoisotopic (exact) mass is 238 g/mol. The molecule has 0 aliphatic heterocycles. The molecule has 0 radical (unpaired) electrons. The molecular formula is C15H23Cl. The lowest BCUT2D eigenvalue weighted by molar-refractivity contribution is 0.584. The molecule has 0 unspecified atom stereocenters. The molecule has 0 spiro atoms. The van der Waals surface area contributed by atoms with E-state index in [0.29, 0.717) is 5.92 Å². The van der Waals surface area contributed by atoms with E-state index in [1.54, 1.807) is 0 Å². The summed E-state index contributed by atoms with van der Waals surface area (Å²) >= 11 is 6.44. The lowest BCUT2D eigenvalue weighted by atomic mass is 9.80. The van der Waals surface area contributed by atoms with Crippen LogP contribution >= 0.6 is 11.6 Å². The minimum Gasteiger partial charge on any atom is -0.0837 e. The molecule has 16 heavy (non-hydrogen) atoms. The van der Waals surface area contributed by atoms with Crippen molar-refractivity contribution in [2.75, 3.05) is 0 Å². The summed E-state index contributed by atoms with van der Waals surface area (Å²) in [6.45, 7) is 15.4. The van der Waals surface area contributed by atoms with Crippen LogP contribution in [0.3, 0.4) is 0 Å². The molecule has 0 saturated carbocycles. The molecule has 1 heteroatoms. The summed E-state index contributed by atoms with van der Waals surface area (Å²) in [5, 5.41) is 0.941. The van der Waals surface area contributed by atoms with Gasteiger partial charge in [0.05, 0.1) is 0 Å². The van der Waals surface area contributed by atoms with E-state index in [1.165, 1.54) is 22.3 Å². The Morgan fingerprint density at radius 2 is 1.56 bits per heavy atom. The van der Waals surface area contributed by atoms with Gasteiger partial charge < -0.3 is 0 Å². The van der Waals surface area contributed by atoms with Gasteiger partial charge in [0.2, 0.25) is 0 Å². The number of benzene rings is 1. The normalized spacial score (nSPS) is 12.3. The zero-order chi connectivity index (χ0) is 12.7. The molecule has 1 aromatic rings. The van der Waals surface area contributed by atoms with Gasteiger partial charge in [-0.15, -0.1) is 0 Å². The van der Waals surface area contributed by atoms with Gasteiger partial charge in [-0.3, -0.25) is 0 Å². The van der Waals surface area contributed by atoms with Crippen LogP contribution < -0.4 is 0 Å². The molecule has 0 fully saturated rings. The van der Waals surface area contributed by atoms with Crippen LogP contribution in [-0.2, 0) is 5.41 Å². The summed E-state index contributed by atoms with van der Waals surface area (Å²) in [6.07, 6.45) is 0. The Balaban J connectivity index is 3.54. The highest BCUT2D eigenvalue weighted by Crippen LogP contribution is 2.36. The summed E-state index contributed by atoms with van der Waals surface area (Å²) in [5.74, 6) is 0.527. The Labute approximate surface area is 105 Å². The third kappa shape index (κ3) is 2.43. The first-order chi connectivity index (χ1) is 7.16. The van der Waals surface area contributed by atoms with Crippen LogP contribution in [0.5, 0.6) is 0 Å². The highest BCUT2D eigenvalue weighted by molar-refractivity contribution is 6.32. The van der Waals surface area contributed by atoms with Crippen molar-refractivity contribution < 1.29 is 0 Å². The molecule has 0 heterocycles. The first-order valence-electron chi connectivity index (χ1n) is 5.96. The molecular weight excluding hydrogens is 216 g/mol. The zero-order valence-electron chi connectivity index (χ0n) is 11.5. The molecule has 0 amide bonds. The lowest BCUT2D eigenvalue weighted by Crippen LogP contribution is -2.15. The van der Waals surface area contributed by atoms with E-state index in [-0.39, 0.29) is 5.41 Å². The maximum atomic E-state index is 6.44. The minimum atomic E-state index is 0.158. The summed E-state index contributed by atoms with van der Waals surface area (Å²) in [4.78, 5) is 0. The van der Waals surface area contributed by atoms with Crippen molar-refractivity contribution in [3.8, 4) is 0 Å². The maximum Gasteiger partial charge on any atom is 0.0470 e. The van der Waals surface area contributed by atoms with Crippen molar-refractivity contribution in [2.45, 2.75) is 59.8 Å². The van der Waals surface area contributed by atoms with Gasteiger partial charge in [0.1, 0.15) is 0 Å². The van der Waals surface area contributed by atoms with Gasteiger partial charge >= 0.3 is 0 Å². The summed E-state index contributed by atoms with van der Waals surface area (Å²) < 4.78 is 0. The highest BCUT2D eigenvalue weighted by atomic mass is 35.5. The van der Waals surface area contributed by atoms with Crippen LogP contribution in [0.4, 0.5) is 0 Å². The fourth-order valence-corrected chi connectivity index (χ4v) is 2.49. The third-order valence-electron chi connectivity index (χ3n) is 3.23. The molecule has 1 rings (SSSR count). The summed E-state index contributed by atoms with van der Waals surface area (Å²) in [5.41, 5.74) is 5.37. The van der Waals surface area contributed by atoms with Crippen molar-refractivity contribution in [2.24, 2.45) is 0 Å². The fraction of sp³-hybridized carbons (Fsp3) is 0.600. The van der Waals surface area contributed by atoms with Gasteiger partial charge in [-0.1, -0.05) is 52.3 Å². The predicted molar refractivity (Wildman–Crippen MR) is 73.7 cm³/mol. The van der Waals surface area contributed by atoms with E-state index in [9.17, 15) is 0 Å². The largest absolute Gasteiger partial charge is 0.0837 e. The first kappa shape index (κ1) is 13.6. The molecule has 0 nitrogen and oxygen atoms in total. The average Bonchev–Trinajstić information content (AvgIpc) is 2.11. The number of hydrogen-bond donors (Lipinski definition) is 0. The summed E-state index contributed by atoms with van der Waals surface area (Å²) in [6, 6.07) is 2.33. The van der Waals surface area contributed by atoms with Gasteiger partial charge in [-0.05, 0) is 47.4 Å². The third-order valence-corrected chi connectivity index (χ3v) is 3.79. The Morgan fingerprint density at radius 1 is 1.06 bits per heavy atom. The van der Waals surface area contributed by atoms with Gasteiger partial charge in [0, 0.05) is 5.02 Å². The van der Waals surface area contributed by atoms with Gasteiger partial charge in [0.15, 0.2) is 0 Å². The first-order valence-corrected chi connectivity index (χ1v) is 6.34. The number of halogens is 1. The average molecular weight is 239 g/mol. The van der Waals surface area contributed by atoms with E-state index in [1.807, 2.05) is 0 Å². The van der Waals surface area contributed by atoms with Crippen LogP contribution in [0.2, 0.25) is 5.02 Å². The second kappa shape index (κ2) is 4.41. The second-order valence-electron chi connectivity index (χ2n) is 5.98. The molecule has 0 aliphatic rings. The van der Waals surface area contributed by atoms with Gasteiger partial charge in [0.25, 0.3) is 0 Å². The van der Waals surface area contributed by atoms with Crippen LogP contribution in [0, 0.1) is 13.8 Å². The smallest absolute Gasteiger partial charge is 0.0470 e. The Bertz CT molecular complexity index is 395. The molecule has 0 aromatic heterocycles. The van der Waals surface area contributed by atoms with Crippen molar-refractivity contribution in [1.82, 2.24) is 0 Å². The van der Waals surface area contributed by atoms with Crippen LogP contribution in [0.15, 0.2) is 6.07 Å². The van der Waals surface area contributed by atoms with E-state index >= 15 is 0 Å². The summed E-state index contributed by atoms with van der Waals surface area (Å²) in [7, 11) is 0. The second-order valence-corrected chi connectivity index (χ2v) is 6.36. The van der Waals surface area contributed by atoms with E-state index < -0.39 is 0 Å². The van der Waals surface area contributed by atoms with E-state index in [2.05, 4.69) is 54.5 Å². The number of rotatable bonds is 1.